The zero-order chi connectivity index (χ0) is 13.7. The van der Waals surface area contributed by atoms with Gasteiger partial charge < -0.3 is 4.74 Å². The Morgan fingerprint density at radius 3 is 2.58 bits per heavy atom. The number of Topliss-reactive ketones (excluding diaryl/α,β-unsaturated/α-hetero) is 1. The van der Waals surface area contributed by atoms with Crippen LogP contribution in [0.1, 0.15) is 16.7 Å². The molecule has 2 rings (SSSR count). The minimum atomic E-state index is 0.176. The average molecular weight is 255 g/mol. The van der Waals surface area contributed by atoms with Gasteiger partial charge >= 0.3 is 0 Å². The molecule has 0 unspecified atom stereocenters. The summed E-state index contributed by atoms with van der Waals surface area (Å²) in [7, 11) is 1.63. The van der Waals surface area contributed by atoms with Crippen molar-refractivity contribution in [2.45, 2.75) is 19.8 Å². The summed E-state index contributed by atoms with van der Waals surface area (Å²) in [5.74, 6) is 0.948. The second kappa shape index (κ2) is 6.14. The summed E-state index contributed by atoms with van der Waals surface area (Å²) in [6, 6.07) is 9.63. The predicted molar refractivity (Wildman–Crippen MR) is 74.4 cm³/mol. The van der Waals surface area contributed by atoms with E-state index in [1.54, 1.807) is 19.5 Å². The van der Waals surface area contributed by atoms with Crippen molar-refractivity contribution >= 4 is 5.78 Å². The lowest BCUT2D eigenvalue weighted by Gasteiger charge is -2.09. The maximum atomic E-state index is 12.1. The molecule has 0 aliphatic rings. The van der Waals surface area contributed by atoms with Crippen LogP contribution >= 0.6 is 0 Å². The molecular weight excluding hydrogens is 238 g/mol. The van der Waals surface area contributed by atoms with Gasteiger partial charge in [-0.25, -0.2) is 0 Å². The van der Waals surface area contributed by atoms with Gasteiger partial charge in [-0.05, 0) is 30.7 Å². The smallest absolute Gasteiger partial charge is 0.141 e. The van der Waals surface area contributed by atoms with Crippen LogP contribution in [0.4, 0.5) is 0 Å². The highest BCUT2D eigenvalue weighted by Crippen LogP contribution is 2.20. The van der Waals surface area contributed by atoms with Crippen molar-refractivity contribution in [3.63, 3.8) is 0 Å². The van der Waals surface area contributed by atoms with Gasteiger partial charge in [0.25, 0.3) is 0 Å². The number of methoxy groups -OCH3 is 1. The number of carbonyl (C=O) groups is 1. The molecule has 0 saturated carbocycles. The summed E-state index contributed by atoms with van der Waals surface area (Å²) in [6.45, 7) is 2.01. The Kier molecular flexibility index (Phi) is 4.29. The van der Waals surface area contributed by atoms with Crippen molar-refractivity contribution in [3.8, 4) is 5.75 Å². The molecule has 0 radical (unpaired) electrons. The first kappa shape index (κ1) is 13.3. The van der Waals surface area contributed by atoms with E-state index < -0.39 is 0 Å². The Hall–Kier alpha value is -2.16. The monoisotopic (exact) mass is 255 g/mol. The fraction of sp³-hybridized carbons (Fsp3) is 0.250. The zero-order valence-electron chi connectivity index (χ0n) is 11.2. The first-order valence-corrected chi connectivity index (χ1v) is 6.23. The lowest BCUT2D eigenvalue weighted by molar-refractivity contribution is -0.117. The SMILES string of the molecule is COc1ccc(C)cc1CC(=O)Cc1ccncc1. The number of nitrogens with zero attached hydrogens (tertiary/aromatic N) is 1. The Morgan fingerprint density at radius 2 is 1.89 bits per heavy atom. The van der Waals surface area contributed by atoms with E-state index in [0.29, 0.717) is 12.8 Å². The molecule has 19 heavy (non-hydrogen) atoms. The van der Waals surface area contributed by atoms with Gasteiger partial charge in [-0.1, -0.05) is 17.7 Å². The van der Waals surface area contributed by atoms with Gasteiger partial charge in [-0.15, -0.1) is 0 Å². The van der Waals surface area contributed by atoms with Crippen LogP contribution in [0.15, 0.2) is 42.7 Å². The van der Waals surface area contributed by atoms with Gasteiger partial charge in [-0.2, -0.15) is 0 Å². The number of hydrogen-bond donors (Lipinski definition) is 0. The molecule has 3 heteroatoms. The first-order chi connectivity index (χ1) is 9.19. The van der Waals surface area contributed by atoms with Crippen molar-refractivity contribution in [3.05, 3.63) is 59.4 Å². The van der Waals surface area contributed by atoms with Crippen LogP contribution in [0.25, 0.3) is 0 Å². The summed E-state index contributed by atoms with van der Waals surface area (Å²) in [6.07, 6.45) is 4.23. The van der Waals surface area contributed by atoms with E-state index in [-0.39, 0.29) is 5.78 Å². The third kappa shape index (κ3) is 3.65. The van der Waals surface area contributed by atoms with Crippen LogP contribution in [0.3, 0.4) is 0 Å². The number of benzene rings is 1. The number of aromatic nitrogens is 1. The number of ether oxygens (including phenoxy) is 1. The fourth-order valence-corrected chi connectivity index (χ4v) is 2.05. The average Bonchev–Trinajstić information content (AvgIpc) is 2.40. The molecule has 0 amide bonds. The molecule has 0 bridgehead atoms. The molecule has 0 N–H and O–H groups in total. The topological polar surface area (TPSA) is 39.2 Å². The molecule has 1 heterocycles. The molecule has 98 valence electrons. The second-order valence-corrected chi connectivity index (χ2v) is 4.56. The third-order valence-electron chi connectivity index (χ3n) is 2.97. The van der Waals surface area contributed by atoms with E-state index in [0.717, 1.165) is 22.4 Å². The first-order valence-electron chi connectivity index (χ1n) is 6.23. The lowest BCUT2D eigenvalue weighted by Crippen LogP contribution is -2.08. The standard InChI is InChI=1S/C16H17NO2/c1-12-3-4-16(19-2)14(9-12)11-15(18)10-13-5-7-17-8-6-13/h3-9H,10-11H2,1-2H3. The maximum Gasteiger partial charge on any atom is 0.141 e. The largest absolute Gasteiger partial charge is 0.496 e. The number of pyridine rings is 1. The number of rotatable bonds is 5. The number of hydrogen-bond acceptors (Lipinski definition) is 3. The summed E-state index contributed by atoms with van der Waals surface area (Å²) in [4.78, 5) is 16.0. The third-order valence-corrected chi connectivity index (χ3v) is 2.97. The molecular formula is C16H17NO2. The van der Waals surface area contributed by atoms with E-state index in [1.807, 2.05) is 37.3 Å². The lowest BCUT2D eigenvalue weighted by atomic mass is 10.0. The summed E-state index contributed by atoms with van der Waals surface area (Å²) in [5.41, 5.74) is 3.07. The van der Waals surface area contributed by atoms with E-state index in [4.69, 9.17) is 4.74 Å². The van der Waals surface area contributed by atoms with Crippen molar-refractivity contribution in [1.29, 1.82) is 0 Å². The summed E-state index contributed by atoms with van der Waals surface area (Å²) >= 11 is 0. The van der Waals surface area contributed by atoms with Gasteiger partial charge in [0, 0.05) is 30.8 Å². The molecule has 2 aromatic rings. The van der Waals surface area contributed by atoms with Crippen LogP contribution in [0.2, 0.25) is 0 Å². The Labute approximate surface area is 113 Å². The van der Waals surface area contributed by atoms with Crippen LogP contribution in [0.5, 0.6) is 5.75 Å². The maximum absolute atomic E-state index is 12.1. The fourth-order valence-electron chi connectivity index (χ4n) is 2.05. The van der Waals surface area contributed by atoms with Crippen LogP contribution in [-0.2, 0) is 17.6 Å². The molecule has 0 spiro atoms. The number of ketones is 1. The minimum absolute atomic E-state index is 0.176. The highest BCUT2D eigenvalue weighted by Gasteiger charge is 2.09. The highest BCUT2D eigenvalue weighted by molar-refractivity contribution is 5.83. The van der Waals surface area contributed by atoms with Gasteiger partial charge in [0.05, 0.1) is 7.11 Å². The molecule has 1 aromatic heterocycles. The zero-order valence-corrected chi connectivity index (χ0v) is 11.2. The molecule has 0 saturated heterocycles. The molecule has 1 aromatic carbocycles. The van der Waals surface area contributed by atoms with Crippen molar-refractivity contribution in [2.24, 2.45) is 0 Å². The summed E-state index contributed by atoms with van der Waals surface area (Å²) < 4.78 is 5.29. The molecule has 0 atom stereocenters. The van der Waals surface area contributed by atoms with Gasteiger partial charge in [0.1, 0.15) is 11.5 Å². The molecule has 0 fully saturated rings. The van der Waals surface area contributed by atoms with E-state index in [9.17, 15) is 4.79 Å². The summed E-state index contributed by atoms with van der Waals surface area (Å²) in [5, 5.41) is 0. The quantitative estimate of drug-likeness (QED) is 0.824. The minimum Gasteiger partial charge on any atom is -0.496 e. The van der Waals surface area contributed by atoms with Crippen molar-refractivity contribution in [2.75, 3.05) is 7.11 Å². The van der Waals surface area contributed by atoms with Gasteiger partial charge in [0.15, 0.2) is 0 Å². The molecule has 3 nitrogen and oxygen atoms in total. The number of carbonyl (C=O) groups excluding carboxylic acids is 1. The van der Waals surface area contributed by atoms with Crippen molar-refractivity contribution < 1.29 is 9.53 Å². The predicted octanol–water partition coefficient (Wildman–Crippen LogP) is 2.75. The van der Waals surface area contributed by atoms with Crippen LogP contribution in [-0.4, -0.2) is 17.9 Å². The van der Waals surface area contributed by atoms with E-state index in [1.165, 1.54) is 0 Å². The van der Waals surface area contributed by atoms with Gasteiger partial charge in [0.2, 0.25) is 0 Å². The Balaban J connectivity index is 2.09. The molecule has 0 aliphatic heterocycles. The second-order valence-electron chi connectivity index (χ2n) is 4.56. The van der Waals surface area contributed by atoms with E-state index in [2.05, 4.69) is 4.98 Å². The van der Waals surface area contributed by atoms with Crippen molar-refractivity contribution in [1.82, 2.24) is 4.98 Å². The molecule has 0 aliphatic carbocycles. The van der Waals surface area contributed by atoms with Crippen LogP contribution in [0, 0.1) is 6.92 Å². The van der Waals surface area contributed by atoms with E-state index >= 15 is 0 Å². The highest BCUT2D eigenvalue weighted by atomic mass is 16.5. The van der Waals surface area contributed by atoms with Gasteiger partial charge in [-0.3, -0.25) is 9.78 Å². The van der Waals surface area contributed by atoms with Crippen LogP contribution < -0.4 is 4.74 Å². The Morgan fingerprint density at radius 1 is 1.16 bits per heavy atom. The number of aryl methyl sites for hydroxylation is 1. The Bertz CT molecular complexity index is 564. The normalized spacial score (nSPS) is 10.2.